The van der Waals surface area contributed by atoms with Crippen molar-refractivity contribution in [2.45, 2.75) is 31.6 Å². The Morgan fingerprint density at radius 1 is 1.19 bits per heavy atom. The summed E-state index contributed by atoms with van der Waals surface area (Å²) in [6.45, 7) is 2.86. The Kier molecular flexibility index (Phi) is 4.54. The first kappa shape index (κ1) is 14.5. The average Bonchev–Trinajstić information content (AvgIpc) is 2.92. The fourth-order valence-electron chi connectivity index (χ4n) is 3.34. The molecule has 2 atom stereocenters. The predicted octanol–water partition coefficient (Wildman–Crippen LogP) is 2.96. The molecule has 2 aliphatic rings. The van der Waals surface area contributed by atoms with E-state index in [1.54, 1.807) is 0 Å². The number of hydrogen-bond acceptors (Lipinski definition) is 2. The lowest BCUT2D eigenvalue weighted by Gasteiger charge is -2.27. The van der Waals surface area contributed by atoms with Gasteiger partial charge in [0.1, 0.15) is 5.82 Å². The molecule has 114 valence electrons. The molecule has 1 aromatic rings. The topological polar surface area (TPSA) is 29.5 Å². The zero-order valence-electron chi connectivity index (χ0n) is 12.3. The molecule has 0 aliphatic carbocycles. The van der Waals surface area contributed by atoms with Crippen molar-refractivity contribution in [2.75, 3.05) is 26.3 Å². The number of ether oxygens (including phenoxy) is 1. The van der Waals surface area contributed by atoms with Gasteiger partial charge in [0.2, 0.25) is 5.91 Å². The fraction of sp³-hybridized carbons (Fsp3) is 0.588. The van der Waals surface area contributed by atoms with Crippen LogP contribution in [0.3, 0.4) is 0 Å². The number of hydrogen-bond donors (Lipinski definition) is 0. The molecule has 0 bridgehead atoms. The highest BCUT2D eigenvalue weighted by Crippen LogP contribution is 2.28. The highest BCUT2D eigenvalue weighted by atomic mass is 19.1. The number of benzene rings is 1. The van der Waals surface area contributed by atoms with Gasteiger partial charge in [0.25, 0.3) is 0 Å². The largest absolute Gasteiger partial charge is 0.381 e. The standard InChI is InChI=1S/C17H22FNO2/c18-16-6-4-13(5-7-16)14-3-1-2-9-19(11-14)17(20)15-8-10-21-12-15/h4-7,14-15H,1-3,8-12H2/t14-,15-/m1/s1. The lowest BCUT2D eigenvalue weighted by Crippen LogP contribution is -2.38. The molecule has 2 heterocycles. The number of carbonyl (C=O) groups is 1. The van der Waals surface area contributed by atoms with Crippen molar-refractivity contribution in [1.29, 1.82) is 0 Å². The van der Waals surface area contributed by atoms with E-state index in [-0.39, 0.29) is 17.6 Å². The Labute approximate surface area is 125 Å². The maximum Gasteiger partial charge on any atom is 0.228 e. The van der Waals surface area contributed by atoms with Gasteiger partial charge in [-0.25, -0.2) is 4.39 Å². The van der Waals surface area contributed by atoms with Crippen LogP contribution in [0, 0.1) is 11.7 Å². The summed E-state index contributed by atoms with van der Waals surface area (Å²) < 4.78 is 18.4. The van der Waals surface area contributed by atoms with Gasteiger partial charge in [-0.15, -0.1) is 0 Å². The van der Waals surface area contributed by atoms with Crippen LogP contribution in [0.15, 0.2) is 24.3 Å². The average molecular weight is 291 g/mol. The van der Waals surface area contributed by atoms with Gasteiger partial charge in [0.05, 0.1) is 12.5 Å². The molecular formula is C17H22FNO2. The van der Waals surface area contributed by atoms with Crippen LogP contribution in [0.4, 0.5) is 4.39 Å². The van der Waals surface area contributed by atoms with Crippen molar-refractivity contribution in [3.8, 4) is 0 Å². The molecule has 0 spiro atoms. The first-order valence-corrected chi connectivity index (χ1v) is 7.86. The molecule has 4 heteroatoms. The first-order chi connectivity index (χ1) is 10.2. The minimum Gasteiger partial charge on any atom is -0.381 e. The molecule has 3 nitrogen and oxygen atoms in total. The minimum absolute atomic E-state index is 0.0389. The SMILES string of the molecule is O=C([C@@H]1CCOC1)N1CCCC[C@@H](c2ccc(F)cc2)C1. The van der Waals surface area contributed by atoms with Crippen molar-refractivity contribution >= 4 is 5.91 Å². The van der Waals surface area contributed by atoms with Gasteiger partial charge in [-0.3, -0.25) is 4.79 Å². The molecule has 0 N–H and O–H groups in total. The number of rotatable bonds is 2. The van der Waals surface area contributed by atoms with E-state index in [0.717, 1.165) is 44.3 Å². The van der Waals surface area contributed by atoms with Crippen molar-refractivity contribution in [3.05, 3.63) is 35.6 Å². The van der Waals surface area contributed by atoms with Crippen LogP contribution in [-0.2, 0) is 9.53 Å². The van der Waals surface area contributed by atoms with Crippen molar-refractivity contribution in [1.82, 2.24) is 4.90 Å². The van der Waals surface area contributed by atoms with Gasteiger partial charge in [-0.1, -0.05) is 18.6 Å². The molecule has 1 aromatic carbocycles. The Morgan fingerprint density at radius 3 is 2.71 bits per heavy atom. The second kappa shape index (κ2) is 6.56. The zero-order valence-corrected chi connectivity index (χ0v) is 12.3. The summed E-state index contributed by atoms with van der Waals surface area (Å²) >= 11 is 0. The van der Waals surface area contributed by atoms with E-state index >= 15 is 0 Å². The Balaban J connectivity index is 1.70. The molecule has 0 aromatic heterocycles. The third kappa shape index (κ3) is 3.43. The second-order valence-electron chi connectivity index (χ2n) is 6.09. The second-order valence-corrected chi connectivity index (χ2v) is 6.09. The summed E-state index contributed by atoms with van der Waals surface area (Å²) in [5, 5.41) is 0. The summed E-state index contributed by atoms with van der Waals surface area (Å²) in [5.74, 6) is 0.390. The number of likely N-dealkylation sites (tertiary alicyclic amines) is 1. The van der Waals surface area contributed by atoms with Gasteiger partial charge in [-0.2, -0.15) is 0 Å². The maximum atomic E-state index is 13.1. The Hall–Kier alpha value is -1.42. The third-order valence-corrected chi connectivity index (χ3v) is 4.60. The monoisotopic (exact) mass is 291 g/mol. The molecule has 0 saturated carbocycles. The number of carbonyl (C=O) groups excluding carboxylic acids is 1. The third-order valence-electron chi connectivity index (χ3n) is 4.60. The molecule has 1 amide bonds. The summed E-state index contributed by atoms with van der Waals surface area (Å²) in [7, 11) is 0. The highest BCUT2D eigenvalue weighted by molar-refractivity contribution is 5.79. The first-order valence-electron chi connectivity index (χ1n) is 7.86. The molecule has 0 radical (unpaired) electrons. The van der Waals surface area contributed by atoms with Gasteiger partial charge in [-0.05, 0) is 37.0 Å². The maximum absolute atomic E-state index is 13.1. The summed E-state index contributed by atoms with van der Waals surface area (Å²) in [5.41, 5.74) is 1.14. The van der Waals surface area contributed by atoms with Crippen LogP contribution in [0.1, 0.15) is 37.2 Å². The van der Waals surface area contributed by atoms with E-state index in [2.05, 4.69) is 0 Å². The fourth-order valence-corrected chi connectivity index (χ4v) is 3.34. The van der Waals surface area contributed by atoms with E-state index < -0.39 is 0 Å². The lowest BCUT2D eigenvalue weighted by molar-refractivity contribution is -0.135. The van der Waals surface area contributed by atoms with Crippen LogP contribution in [0.2, 0.25) is 0 Å². The summed E-state index contributed by atoms with van der Waals surface area (Å²) in [4.78, 5) is 14.6. The predicted molar refractivity (Wildman–Crippen MR) is 78.5 cm³/mol. The molecule has 21 heavy (non-hydrogen) atoms. The van der Waals surface area contributed by atoms with E-state index in [1.807, 2.05) is 17.0 Å². The van der Waals surface area contributed by atoms with Gasteiger partial charge >= 0.3 is 0 Å². The Bertz CT molecular complexity index is 482. The van der Waals surface area contributed by atoms with Gasteiger partial charge in [0.15, 0.2) is 0 Å². The van der Waals surface area contributed by atoms with Crippen LogP contribution in [0.5, 0.6) is 0 Å². The van der Waals surface area contributed by atoms with E-state index in [1.165, 1.54) is 12.1 Å². The van der Waals surface area contributed by atoms with E-state index in [9.17, 15) is 9.18 Å². The molecule has 3 rings (SSSR count). The van der Waals surface area contributed by atoms with Crippen LogP contribution >= 0.6 is 0 Å². The summed E-state index contributed by atoms with van der Waals surface area (Å²) in [6, 6.07) is 6.73. The van der Waals surface area contributed by atoms with Crippen molar-refractivity contribution < 1.29 is 13.9 Å². The minimum atomic E-state index is -0.205. The molecule has 0 unspecified atom stereocenters. The zero-order chi connectivity index (χ0) is 14.7. The van der Waals surface area contributed by atoms with Crippen LogP contribution in [-0.4, -0.2) is 37.1 Å². The number of amides is 1. The number of halogens is 1. The van der Waals surface area contributed by atoms with Crippen LogP contribution in [0.25, 0.3) is 0 Å². The lowest BCUT2D eigenvalue weighted by atomic mass is 9.94. The van der Waals surface area contributed by atoms with Crippen molar-refractivity contribution in [2.24, 2.45) is 5.92 Å². The smallest absolute Gasteiger partial charge is 0.228 e. The highest BCUT2D eigenvalue weighted by Gasteiger charge is 2.30. The molecular weight excluding hydrogens is 269 g/mol. The normalized spacial score (nSPS) is 26.6. The van der Waals surface area contributed by atoms with E-state index in [0.29, 0.717) is 19.1 Å². The Morgan fingerprint density at radius 2 is 2.00 bits per heavy atom. The molecule has 2 fully saturated rings. The summed E-state index contributed by atoms with van der Waals surface area (Å²) in [6.07, 6.45) is 4.08. The van der Waals surface area contributed by atoms with Gasteiger partial charge in [0, 0.05) is 25.6 Å². The van der Waals surface area contributed by atoms with Gasteiger partial charge < -0.3 is 9.64 Å². The molecule has 2 aliphatic heterocycles. The molecule has 2 saturated heterocycles. The number of nitrogens with zero attached hydrogens (tertiary/aromatic N) is 1. The quantitative estimate of drug-likeness (QED) is 0.838. The van der Waals surface area contributed by atoms with E-state index in [4.69, 9.17) is 4.74 Å². The van der Waals surface area contributed by atoms with Crippen LogP contribution < -0.4 is 0 Å². The van der Waals surface area contributed by atoms with Crippen molar-refractivity contribution in [3.63, 3.8) is 0 Å².